The van der Waals surface area contributed by atoms with E-state index in [1.165, 1.54) is 0 Å². The fourth-order valence-corrected chi connectivity index (χ4v) is 4.10. The van der Waals surface area contributed by atoms with Gasteiger partial charge in [0.1, 0.15) is 5.75 Å². The SMILES string of the molecule is CCC(C)n1ncc2c(C(=O)N3CCCC(COc4ccccc4)C3)cc(C)nc21. The lowest BCUT2D eigenvalue weighted by Crippen LogP contribution is -2.41. The zero-order chi connectivity index (χ0) is 21.1. The van der Waals surface area contributed by atoms with Crippen LogP contribution in [-0.2, 0) is 0 Å². The Morgan fingerprint density at radius 1 is 1.30 bits per heavy atom. The van der Waals surface area contributed by atoms with Crippen molar-refractivity contribution in [1.82, 2.24) is 19.7 Å². The number of likely N-dealkylation sites (tertiary alicyclic amines) is 1. The summed E-state index contributed by atoms with van der Waals surface area (Å²) in [6.45, 7) is 8.32. The van der Waals surface area contributed by atoms with Crippen LogP contribution in [0, 0.1) is 12.8 Å². The van der Waals surface area contributed by atoms with E-state index >= 15 is 0 Å². The molecule has 0 N–H and O–H groups in total. The Bertz CT molecular complexity index is 1010. The highest BCUT2D eigenvalue weighted by molar-refractivity contribution is 6.05. The number of piperidine rings is 1. The third-order valence-electron chi connectivity index (χ3n) is 5.97. The zero-order valence-electron chi connectivity index (χ0n) is 18.0. The van der Waals surface area contributed by atoms with Gasteiger partial charge in [0.25, 0.3) is 5.91 Å². The van der Waals surface area contributed by atoms with Crippen LogP contribution in [-0.4, -0.2) is 45.3 Å². The average Bonchev–Trinajstić information content (AvgIpc) is 3.20. The molecule has 1 fully saturated rings. The Morgan fingerprint density at radius 3 is 2.87 bits per heavy atom. The van der Waals surface area contributed by atoms with Crippen LogP contribution in [0.4, 0.5) is 0 Å². The first-order chi connectivity index (χ1) is 14.6. The molecule has 2 unspecified atom stereocenters. The molecule has 0 radical (unpaired) electrons. The molecule has 0 spiro atoms. The minimum Gasteiger partial charge on any atom is -0.493 e. The average molecular weight is 407 g/mol. The number of aromatic nitrogens is 3. The Morgan fingerprint density at radius 2 is 2.10 bits per heavy atom. The number of hydrogen-bond donors (Lipinski definition) is 0. The number of amides is 1. The molecule has 158 valence electrons. The predicted molar refractivity (Wildman–Crippen MR) is 118 cm³/mol. The second kappa shape index (κ2) is 8.86. The van der Waals surface area contributed by atoms with Crippen molar-refractivity contribution in [3.63, 3.8) is 0 Å². The summed E-state index contributed by atoms with van der Waals surface area (Å²) in [6.07, 6.45) is 4.83. The lowest BCUT2D eigenvalue weighted by Gasteiger charge is -2.33. The zero-order valence-corrected chi connectivity index (χ0v) is 18.0. The summed E-state index contributed by atoms with van der Waals surface area (Å²) < 4.78 is 7.89. The minimum atomic E-state index is 0.0682. The maximum atomic E-state index is 13.5. The molecule has 1 aliphatic rings. The number of carbonyl (C=O) groups is 1. The van der Waals surface area contributed by atoms with Gasteiger partial charge in [-0.2, -0.15) is 5.10 Å². The lowest BCUT2D eigenvalue weighted by atomic mass is 9.98. The number of ether oxygens (including phenoxy) is 1. The van der Waals surface area contributed by atoms with Crippen LogP contribution < -0.4 is 4.74 Å². The van der Waals surface area contributed by atoms with E-state index in [0.717, 1.165) is 48.3 Å². The van der Waals surface area contributed by atoms with Gasteiger partial charge in [0, 0.05) is 24.7 Å². The van der Waals surface area contributed by atoms with Crippen molar-refractivity contribution in [1.29, 1.82) is 0 Å². The van der Waals surface area contributed by atoms with Crippen molar-refractivity contribution in [2.45, 2.75) is 46.1 Å². The molecule has 6 nitrogen and oxygen atoms in total. The molecule has 2 atom stereocenters. The summed E-state index contributed by atoms with van der Waals surface area (Å²) in [4.78, 5) is 20.1. The van der Waals surface area contributed by atoms with Crippen LogP contribution in [0.3, 0.4) is 0 Å². The fourth-order valence-electron chi connectivity index (χ4n) is 4.10. The number of pyridine rings is 1. The summed E-state index contributed by atoms with van der Waals surface area (Å²) in [5, 5.41) is 5.38. The Hall–Kier alpha value is -2.89. The molecular weight excluding hydrogens is 376 g/mol. The van der Waals surface area contributed by atoms with Crippen LogP contribution in [0.5, 0.6) is 5.75 Å². The summed E-state index contributed by atoms with van der Waals surface area (Å²) in [7, 11) is 0. The van der Waals surface area contributed by atoms with Crippen LogP contribution in [0.15, 0.2) is 42.6 Å². The van der Waals surface area contributed by atoms with Gasteiger partial charge in [0.2, 0.25) is 0 Å². The van der Waals surface area contributed by atoms with E-state index in [9.17, 15) is 4.79 Å². The predicted octanol–water partition coefficient (Wildman–Crippen LogP) is 4.64. The number of carbonyl (C=O) groups excluding carboxylic acids is 1. The maximum Gasteiger partial charge on any atom is 0.254 e. The molecule has 0 saturated carbocycles. The van der Waals surface area contributed by atoms with Crippen molar-refractivity contribution < 1.29 is 9.53 Å². The molecule has 1 amide bonds. The molecule has 4 rings (SSSR count). The summed E-state index contributed by atoms with van der Waals surface area (Å²) in [5.41, 5.74) is 2.35. The molecule has 6 heteroatoms. The second-order valence-electron chi connectivity index (χ2n) is 8.28. The number of fused-ring (bicyclic) bond motifs is 1. The first kappa shape index (κ1) is 20.4. The van der Waals surface area contributed by atoms with E-state index in [4.69, 9.17) is 4.74 Å². The van der Waals surface area contributed by atoms with Crippen LogP contribution in [0.2, 0.25) is 0 Å². The quantitative estimate of drug-likeness (QED) is 0.598. The molecule has 2 aromatic heterocycles. The van der Waals surface area contributed by atoms with Gasteiger partial charge in [-0.3, -0.25) is 4.79 Å². The Kier molecular flexibility index (Phi) is 6.02. The number of nitrogens with zero attached hydrogens (tertiary/aromatic N) is 4. The van der Waals surface area contributed by atoms with Gasteiger partial charge in [-0.25, -0.2) is 9.67 Å². The van der Waals surface area contributed by atoms with Gasteiger partial charge in [-0.1, -0.05) is 25.1 Å². The highest BCUT2D eigenvalue weighted by Crippen LogP contribution is 2.26. The smallest absolute Gasteiger partial charge is 0.254 e. The third-order valence-corrected chi connectivity index (χ3v) is 5.97. The first-order valence-electron chi connectivity index (χ1n) is 10.9. The number of aryl methyl sites for hydroxylation is 1. The van der Waals surface area contributed by atoms with Crippen molar-refractivity contribution in [3.8, 4) is 5.75 Å². The van der Waals surface area contributed by atoms with Crippen LogP contribution in [0.1, 0.15) is 55.2 Å². The highest BCUT2D eigenvalue weighted by Gasteiger charge is 2.27. The van der Waals surface area contributed by atoms with Crippen molar-refractivity contribution >= 4 is 16.9 Å². The van der Waals surface area contributed by atoms with E-state index in [2.05, 4.69) is 23.9 Å². The number of para-hydroxylation sites is 1. The first-order valence-corrected chi connectivity index (χ1v) is 10.9. The van der Waals surface area contributed by atoms with E-state index in [1.54, 1.807) is 6.20 Å². The minimum absolute atomic E-state index is 0.0682. The molecular formula is C24H30N4O2. The fraction of sp³-hybridized carbons (Fsp3) is 0.458. The Balaban J connectivity index is 1.52. The third kappa shape index (κ3) is 4.18. The van der Waals surface area contributed by atoms with Gasteiger partial charge >= 0.3 is 0 Å². The summed E-state index contributed by atoms with van der Waals surface area (Å²) in [6, 6.07) is 12.0. The summed E-state index contributed by atoms with van der Waals surface area (Å²) in [5.74, 6) is 1.28. The molecule has 30 heavy (non-hydrogen) atoms. The molecule has 1 aliphatic heterocycles. The molecule has 1 saturated heterocycles. The Labute approximate surface area is 177 Å². The number of hydrogen-bond acceptors (Lipinski definition) is 4. The van der Waals surface area contributed by atoms with Gasteiger partial charge in [0.15, 0.2) is 5.65 Å². The van der Waals surface area contributed by atoms with E-state index < -0.39 is 0 Å². The molecule has 0 aliphatic carbocycles. The van der Waals surface area contributed by atoms with Crippen molar-refractivity contribution in [3.05, 3.63) is 53.9 Å². The van der Waals surface area contributed by atoms with Gasteiger partial charge in [-0.05, 0) is 51.3 Å². The van der Waals surface area contributed by atoms with E-state index in [1.807, 2.05) is 52.9 Å². The number of benzene rings is 1. The largest absolute Gasteiger partial charge is 0.493 e. The molecule has 0 bridgehead atoms. The molecule has 3 aromatic rings. The van der Waals surface area contributed by atoms with E-state index in [0.29, 0.717) is 24.6 Å². The molecule has 3 heterocycles. The lowest BCUT2D eigenvalue weighted by molar-refractivity contribution is 0.0635. The highest BCUT2D eigenvalue weighted by atomic mass is 16.5. The van der Waals surface area contributed by atoms with Crippen molar-refractivity contribution in [2.24, 2.45) is 5.92 Å². The normalized spacial score (nSPS) is 17.8. The molecule has 1 aromatic carbocycles. The standard InChI is InChI=1S/C24H30N4O2/c1-4-18(3)28-23-22(14-25-28)21(13-17(2)26-23)24(29)27-12-8-9-19(15-27)16-30-20-10-6-5-7-11-20/h5-7,10-11,13-14,18-19H,4,8-9,12,15-16H2,1-3H3. The van der Waals surface area contributed by atoms with Crippen LogP contribution in [0.25, 0.3) is 11.0 Å². The number of rotatable bonds is 6. The topological polar surface area (TPSA) is 60.2 Å². The van der Waals surface area contributed by atoms with E-state index in [-0.39, 0.29) is 11.9 Å². The van der Waals surface area contributed by atoms with Gasteiger partial charge < -0.3 is 9.64 Å². The van der Waals surface area contributed by atoms with Gasteiger partial charge in [0.05, 0.1) is 29.8 Å². The van der Waals surface area contributed by atoms with Crippen LogP contribution >= 0.6 is 0 Å². The summed E-state index contributed by atoms with van der Waals surface area (Å²) >= 11 is 0. The monoisotopic (exact) mass is 406 g/mol. The second-order valence-corrected chi connectivity index (χ2v) is 8.28. The van der Waals surface area contributed by atoms with Crippen molar-refractivity contribution in [2.75, 3.05) is 19.7 Å². The maximum absolute atomic E-state index is 13.5. The van der Waals surface area contributed by atoms with Gasteiger partial charge in [-0.15, -0.1) is 0 Å².